The molecule has 1 aromatic rings. The van der Waals surface area contributed by atoms with Gasteiger partial charge >= 0.3 is 0 Å². The fourth-order valence-electron chi connectivity index (χ4n) is 1.52. The van der Waals surface area contributed by atoms with Crippen molar-refractivity contribution in [3.8, 4) is 0 Å². The number of benzene rings is 1. The molecular weight excluding hydrogens is 253 g/mol. The van der Waals surface area contributed by atoms with Gasteiger partial charge in [0.15, 0.2) is 0 Å². The van der Waals surface area contributed by atoms with Crippen molar-refractivity contribution in [3.05, 3.63) is 46.0 Å². The summed E-state index contributed by atoms with van der Waals surface area (Å²) < 4.78 is 0. The number of nitrogens with one attached hydrogen (secondary N) is 1. The van der Waals surface area contributed by atoms with Gasteiger partial charge in [-0.3, -0.25) is 0 Å². The van der Waals surface area contributed by atoms with Gasteiger partial charge in [0.1, 0.15) is 0 Å². The van der Waals surface area contributed by atoms with E-state index in [1.54, 1.807) is 0 Å². The molecule has 1 nitrogen and oxygen atoms in total. The van der Waals surface area contributed by atoms with Gasteiger partial charge in [0.25, 0.3) is 0 Å². The minimum atomic E-state index is 0.738. The van der Waals surface area contributed by atoms with E-state index < -0.39 is 0 Å². The van der Waals surface area contributed by atoms with E-state index in [1.165, 1.54) is 6.42 Å². The zero-order valence-corrected chi connectivity index (χ0v) is 11.7. The molecule has 0 radical (unpaired) electrons. The van der Waals surface area contributed by atoms with E-state index in [0.717, 1.165) is 41.5 Å². The molecule has 0 aliphatic rings. The third-order valence-electron chi connectivity index (χ3n) is 2.43. The molecule has 1 rings (SSSR count). The maximum Gasteiger partial charge on any atom is 0.0442 e. The summed E-state index contributed by atoms with van der Waals surface area (Å²) in [4.78, 5) is 0. The van der Waals surface area contributed by atoms with Crippen LogP contribution >= 0.6 is 23.2 Å². The molecule has 0 saturated heterocycles. The molecule has 0 aromatic heterocycles. The molecule has 1 N–H and O–H groups in total. The molecule has 0 amide bonds. The first-order valence-corrected chi connectivity index (χ1v) is 6.79. The van der Waals surface area contributed by atoms with Crippen LogP contribution in [0.2, 0.25) is 10.0 Å². The van der Waals surface area contributed by atoms with Crippen molar-refractivity contribution in [2.24, 2.45) is 0 Å². The molecule has 0 saturated carbocycles. The van der Waals surface area contributed by atoms with Crippen molar-refractivity contribution in [3.63, 3.8) is 0 Å². The second kappa shape index (κ2) is 8.57. The Morgan fingerprint density at radius 2 is 2.00 bits per heavy atom. The predicted octanol–water partition coefficient (Wildman–Crippen LogP) is 4.48. The highest BCUT2D eigenvalue weighted by Gasteiger charge is 1.98. The normalized spacial score (nSPS) is 11.2. The van der Waals surface area contributed by atoms with E-state index in [1.807, 2.05) is 18.2 Å². The highest BCUT2D eigenvalue weighted by atomic mass is 35.5. The molecule has 0 aliphatic heterocycles. The SMILES string of the molecule is CCCNCCC=CCc1cc(Cl)ccc1Cl. The summed E-state index contributed by atoms with van der Waals surface area (Å²) in [6, 6.07) is 5.57. The largest absolute Gasteiger partial charge is 0.316 e. The molecule has 94 valence electrons. The monoisotopic (exact) mass is 271 g/mol. The standard InChI is InChI=1S/C14H19Cl2N/c1-2-9-17-10-5-3-4-6-12-11-13(15)7-8-14(12)16/h3-4,7-8,11,17H,2,5-6,9-10H2,1H3. The lowest BCUT2D eigenvalue weighted by Gasteiger charge is -2.01. The highest BCUT2D eigenvalue weighted by molar-refractivity contribution is 6.33. The van der Waals surface area contributed by atoms with Crippen molar-refractivity contribution in [2.45, 2.75) is 26.2 Å². The van der Waals surface area contributed by atoms with Crippen LogP contribution in [0.4, 0.5) is 0 Å². The second-order valence-electron chi connectivity index (χ2n) is 3.95. The first-order chi connectivity index (χ1) is 8.24. The van der Waals surface area contributed by atoms with Crippen LogP contribution in [0, 0.1) is 0 Å². The van der Waals surface area contributed by atoms with E-state index in [-0.39, 0.29) is 0 Å². The van der Waals surface area contributed by atoms with Crippen LogP contribution in [0.1, 0.15) is 25.3 Å². The van der Waals surface area contributed by atoms with Gasteiger partial charge in [-0.2, -0.15) is 0 Å². The van der Waals surface area contributed by atoms with Crippen LogP contribution in [0.3, 0.4) is 0 Å². The van der Waals surface area contributed by atoms with Gasteiger partial charge in [-0.15, -0.1) is 0 Å². The van der Waals surface area contributed by atoms with E-state index in [4.69, 9.17) is 23.2 Å². The van der Waals surface area contributed by atoms with Crippen molar-refractivity contribution in [1.82, 2.24) is 5.32 Å². The van der Waals surface area contributed by atoms with Gasteiger partial charge in [0.2, 0.25) is 0 Å². The molecule has 0 fully saturated rings. The van der Waals surface area contributed by atoms with Gasteiger partial charge < -0.3 is 5.32 Å². The summed E-state index contributed by atoms with van der Waals surface area (Å²) in [6.07, 6.45) is 7.40. The van der Waals surface area contributed by atoms with Crippen molar-refractivity contribution < 1.29 is 0 Å². The zero-order chi connectivity index (χ0) is 12.5. The highest BCUT2D eigenvalue weighted by Crippen LogP contribution is 2.21. The topological polar surface area (TPSA) is 12.0 Å². The quantitative estimate of drug-likeness (QED) is 0.570. The Labute approximate surface area is 114 Å². The molecule has 3 heteroatoms. The van der Waals surface area contributed by atoms with Crippen LogP contribution in [0.5, 0.6) is 0 Å². The summed E-state index contributed by atoms with van der Waals surface area (Å²) in [7, 11) is 0. The Bertz CT molecular complexity index is 361. The molecule has 0 unspecified atom stereocenters. The Morgan fingerprint density at radius 1 is 1.18 bits per heavy atom. The minimum Gasteiger partial charge on any atom is -0.316 e. The van der Waals surface area contributed by atoms with Gasteiger partial charge in [-0.25, -0.2) is 0 Å². The summed E-state index contributed by atoms with van der Waals surface area (Å²) in [5, 5.41) is 4.87. The maximum atomic E-state index is 6.07. The zero-order valence-electron chi connectivity index (χ0n) is 10.2. The summed E-state index contributed by atoms with van der Waals surface area (Å²) in [6.45, 7) is 4.30. The number of hydrogen-bond donors (Lipinski definition) is 1. The third kappa shape index (κ3) is 6.11. The molecule has 0 spiro atoms. The first kappa shape index (κ1) is 14.6. The lowest BCUT2D eigenvalue weighted by atomic mass is 10.1. The lowest BCUT2D eigenvalue weighted by molar-refractivity contribution is 0.678. The maximum absolute atomic E-state index is 6.07. The van der Waals surface area contributed by atoms with E-state index in [9.17, 15) is 0 Å². The van der Waals surface area contributed by atoms with E-state index >= 15 is 0 Å². The van der Waals surface area contributed by atoms with Crippen LogP contribution in [-0.4, -0.2) is 13.1 Å². The van der Waals surface area contributed by atoms with Crippen LogP contribution in [0.25, 0.3) is 0 Å². The number of hydrogen-bond acceptors (Lipinski definition) is 1. The van der Waals surface area contributed by atoms with E-state index in [0.29, 0.717) is 0 Å². The Hall–Kier alpha value is -0.500. The molecule has 17 heavy (non-hydrogen) atoms. The summed E-state index contributed by atoms with van der Waals surface area (Å²) in [5.74, 6) is 0. The van der Waals surface area contributed by atoms with Crippen LogP contribution in [-0.2, 0) is 6.42 Å². The average Bonchev–Trinajstić information content (AvgIpc) is 2.32. The van der Waals surface area contributed by atoms with Crippen molar-refractivity contribution >= 4 is 23.2 Å². The molecular formula is C14H19Cl2N. The molecule has 0 aliphatic carbocycles. The Balaban J connectivity index is 2.29. The van der Waals surface area contributed by atoms with Gasteiger partial charge in [-0.1, -0.05) is 42.3 Å². The minimum absolute atomic E-state index is 0.738. The van der Waals surface area contributed by atoms with Crippen LogP contribution in [0.15, 0.2) is 30.4 Å². The van der Waals surface area contributed by atoms with Gasteiger partial charge in [0.05, 0.1) is 0 Å². The van der Waals surface area contributed by atoms with Gasteiger partial charge in [0, 0.05) is 10.0 Å². The average molecular weight is 272 g/mol. The van der Waals surface area contributed by atoms with Gasteiger partial charge in [-0.05, 0) is 56.1 Å². The number of rotatable bonds is 7. The van der Waals surface area contributed by atoms with Crippen LogP contribution < -0.4 is 5.32 Å². The van der Waals surface area contributed by atoms with Crippen molar-refractivity contribution in [2.75, 3.05) is 13.1 Å². The molecule has 0 heterocycles. The van der Waals surface area contributed by atoms with E-state index in [2.05, 4.69) is 24.4 Å². The summed E-state index contributed by atoms with van der Waals surface area (Å²) in [5.41, 5.74) is 1.08. The Morgan fingerprint density at radius 3 is 2.76 bits per heavy atom. The fraction of sp³-hybridized carbons (Fsp3) is 0.429. The molecule has 0 atom stereocenters. The number of halogens is 2. The first-order valence-electron chi connectivity index (χ1n) is 6.03. The lowest BCUT2D eigenvalue weighted by Crippen LogP contribution is -2.14. The predicted molar refractivity (Wildman–Crippen MR) is 77.1 cm³/mol. The number of allylic oxidation sites excluding steroid dienone is 1. The molecule has 0 bridgehead atoms. The van der Waals surface area contributed by atoms with Crippen molar-refractivity contribution in [1.29, 1.82) is 0 Å². The third-order valence-corrected chi connectivity index (χ3v) is 3.03. The summed E-state index contributed by atoms with van der Waals surface area (Å²) >= 11 is 12.0. The Kier molecular flexibility index (Phi) is 7.34. The fourth-order valence-corrected chi connectivity index (χ4v) is 1.90. The smallest absolute Gasteiger partial charge is 0.0442 e. The molecule has 1 aromatic carbocycles. The second-order valence-corrected chi connectivity index (χ2v) is 4.79.